The number of aliphatic hydroxyl groups is 2. The fourth-order valence-corrected chi connectivity index (χ4v) is 5.12. The van der Waals surface area contributed by atoms with Crippen LogP contribution in [0.1, 0.15) is 27.2 Å². The second-order valence-electron chi connectivity index (χ2n) is 8.91. The molecule has 1 saturated heterocycles. The molecular weight excluding hydrogens is 544 g/mol. The van der Waals surface area contributed by atoms with Crippen molar-refractivity contribution in [2.45, 2.75) is 63.2 Å². The third-order valence-corrected chi connectivity index (χ3v) is 7.06. The molecule has 2 aliphatic rings. The van der Waals surface area contributed by atoms with Crippen LogP contribution in [0.5, 0.6) is 5.75 Å². The van der Waals surface area contributed by atoms with Gasteiger partial charge in [-0.2, -0.15) is 5.09 Å². The number of alkyl halides is 1. The maximum Gasteiger partial charge on any atom is 0.459 e. The number of carbonyl (C=O) groups is 3. The van der Waals surface area contributed by atoms with Gasteiger partial charge in [0.05, 0.1) is 19.1 Å². The van der Waals surface area contributed by atoms with Gasteiger partial charge in [-0.3, -0.25) is 23.8 Å². The van der Waals surface area contributed by atoms with E-state index in [4.69, 9.17) is 24.1 Å². The largest absolute Gasteiger partial charge is 0.462 e. The average molecular weight is 571 g/mol. The van der Waals surface area contributed by atoms with Crippen LogP contribution >= 0.6 is 7.75 Å². The summed E-state index contributed by atoms with van der Waals surface area (Å²) < 4.78 is 50.3. The number of ether oxygens (including phenoxy) is 2. The van der Waals surface area contributed by atoms with Crippen molar-refractivity contribution in [2.75, 3.05) is 6.61 Å². The van der Waals surface area contributed by atoms with Crippen molar-refractivity contribution in [1.82, 2.24) is 9.99 Å². The number of hydrogen-bond donors (Lipinski definition) is 3. The first-order valence-corrected chi connectivity index (χ1v) is 13.1. The van der Waals surface area contributed by atoms with E-state index in [9.17, 15) is 29.2 Å². The van der Waals surface area contributed by atoms with Gasteiger partial charge in [-0.05, 0) is 44.5 Å². The van der Waals surface area contributed by atoms with E-state index >= 15 is 4.39 Å². The lowest BCUT2D eigenvalue weighted by atomic mass is 10.0. The second-order valence-corrected chi connectivity index (χ2v) is 10.6. The third-order valence-electron chi connectivity index (χ3n) is 5.44. The lowest BCUT2D eigenvalue weighted by molar-refractivity contribution is -0.208. The summed E-state index contributed by atoms with van der Waals surface area (Å²) in [5, 5.41) is 26.6. The number of hydrogen-bond acceptors (Lipinski definition) is 11. The van der Waals surface area contributed by atoms with Crippen molar-refractivity contribution < 1.29 is 52.1 Å². The summed E-state index contributed by atoms with van der Waals surface area (Å²) in [6.45, 7) is 3.28. The molecule has 15 nitrogen and oxygen atoms in total. The lowest BCUT2D eigenvalue weighted by Gasteiger charge is -2.31. The predicted octanol–water partition coefficient (Wildman–Crippen LogP) is 1.82. The molecule has 0 bridgehead atoms. The number of nitrogens with one attached hydrogen (secondary N) is 1. The zero-order valence-electron chi connectivity index (χ0n) is 21.0. The maximum absolute atomic E-state index is 15.4. The van der Waals surface area contributed by atoms with Crippen molar-refractivity contribution in [2.24, 2.45) is 5.11 Å². The summed E-state index contributed by atoms with van der Waals surface area (Å²) in [5.74, 6) is -6.14. The van der Waals surface area contributed by atoms with Crippen molar-refractivity contribution >= 4 is 25.4 Å². The molecule has 3 rings (SSSR count). The minimum atomic E-state index is -4.62. The van der Waals surface area contributed by atoms with Crippen molar-refractivity contribution in [1.29, 1.82) is 0 Å². The second kappa shape index (κ2) is 11.8. The van der Waals surface area contributed by atoms with Crippen LogP contribution in [0.2, 0.25) is 0 Å². The third kappa shape index (κ3) is 6.81. The highest BCUT2D eigenvalue weighted by atomic mass is 31.2. The molecule has 17 heteroatoms. The Hall–Kier alpha value is -3.36. The Morgan fingerprint density at radius 3 is 2.62 bits per heavy atom. The molecule has 1 aromatic carbocycles. The number of para-hydroxylation sites is 1. The highest BCUT2D eigenvalue weighted by Gasteiger charge is 2.67. The van der Waals surface area contributed by atoms with E-state index in [-0.39, 0.29) is 5.75 Å². The molecule has 2 unspecified atom stereocenters. The molecule has 2 aliphatic heterocycles. The van der Waals surface area contributed by atoms with Gasteiger partial charge in [-0.25, -0.2) is 8.96 Å². The van der Waals surface area contributed by atoms with Gasteiger partial charge in [0.1, 0.15) is 11.8 Å². The lowest BCUT2D eigenvalue weighted by Crippen LogP contribution is -2.54. The van der Waals surface area contributed by atoms with E-state index in [2.05, 4.69) is 15.1 Å². The van der Waals surface area contributed by atoms with Gasteiger partial charge in [0, 0.05) is 11.1 Å². The molecule has 0 radical (unpaired) electrons. The highest BCUT2D eigenvalue weighted by Crippen LogP contribution is 2.49. The number of carbonyl (C=O) groups excluding carboxylic acids is 3. The van der Waals surface area contributed by atoms with E-state index in [1.165, 1.54) is 19.1 Å². The summed E-state index contributed by atoms with van der Waals surface area (Å²) >= 11 is 0. The fourth-order valence-electron chi connectivity index (χ4n) is 3.61. The van der Waals surface area contributed by atoms with Crippen LogP contribution in [0.3, 0.4) is 0 Å². The van der Waals surface area contributed by atoms with Crippen LogP contribution in [-0.2, 0) is 32.9 Å². The number of amides is 1. The van der Waals surface area contributed by atoms with Crippen LogP contribution in [0, 0.1) is 0 Å². The number of aliphatic hydroxyl groups excluding tert-OH is 1. The molecule has 0 aromatic heterocycles. The Labute approximate surface area is 221 Å². The van der Waals surface area contributed by atoms with Crippen LogP contribution in [0.15, 0.2) is 47.7 Å². The van der Waals surface area contributed by atoms with Gasteiger partial charge in [0.15, 0.2) is 18.1 Å². The number of esters is 1. The van der Waals surface area contributed by atoms with E-state index in [1.54, 1.807) is 32.0 Å². The van der Waals surface area contributed by atoms with E-state index in [0.29, 0.717) is 4.90 Å². The van der Waals surface area contributed by atoms with E-state index < -0.39 is 74.5 Å². The fraction of sp³-hybridized carbons (Fsp3) is 0.500. The highest BCUT2D eigenvalue weighted by molar-refractivity contribution is 7.52. The van der Waals surface area contributed by atoms with Gasteiger partial charge < -0.3 is 24.2 Å². The zero-order chi connectivity index (χ0) is 29.0. The number of benzene rings is 1. The Morgan fingerprint density at radius 1 is 1.36 bits per heavy atom. The number of allylic oxidation sites excluding steroid dienone is 1. The molecular formula is C22H27FN5O10P. The molecule has 6 atom stereocenters. The quantitative estimate of drug-likeness (QED) is 0.0871. The standard InChI is InChI=1S/C22H27FN5O10P/c1-13(2)36-18(31)14(3)25-39(34,38-16-7-5-4-6-8-16)35-12-21(26-27-24)19(32)22(23,33)20(37-21)28-10-9-15(29)11-17(28)30/h4-10,13-14,19-20,32-33H,11-12H2,1-3H3,(H,25,34)/t14?,19-,20-,21-,22-,39?/m1/s1. The smallest absolute Gasteiger partial charge is 0.459 e. The predicted molar refractivity (Wildman–Crippen MR) is 129 cm³/mol. The molecule has 3 N–H and O–H groups in total. The molecule has 212 valence electrons. The van der Waals surface area contributed by atoms with Crippen LogP contribution in [0.4, 0.5) is 4.39 Å². The first-order valence-electron chi connectivity index (χ1n) is 11.6. The van der Waals surface area contributed by atoms with Gasteiger partial charge in [-0.15, -0.1) is 0 Å². The maximum atomic E-state index is 15.4. The van der Waals surface area contributed by atoms with Crippen LogP contribution in [-0.4, -0.2) is 75.4 Å². The normalized spacial score (nSPS) is 29.1. The molecule has 0 aliphatic carbocycles. The average Bonchev–Trinajstić information content (AvgIpc) is 3.04. The SMILES string of the molecule is CC(C)OC(=O)C(C)NP(=O)(OC[C@@]1(N=[N+]=[N-])O[C@@H](N2C=CC(=O)CC2=O)[C@@](O)(F)[C@@H]1O)Oc1ccccc1. The number of rotatable bonds is 11. The van der Waals surface area contributed by atoms with Gasteiger partial charge >= 0.3 is 13.7 Å². The number of halogens is 1. The Bertz CT molecular complexity index is 1220. The minimum Gasteiger partial charge on any atom is -0.462 e. The molecule has 1 aromatic rings. The molecule has 0 spiro atoms. The van der Waals surface area contributed by atoms with Crippen molar-refractivity contribution in [3.05, 3.63) is 53.1 Å². The summed E-state index contributed by atoms with van der Waals surface area (Å²) in [7, 11) is -4.62. The zero-order valence-corrected chi connectivity index (χ0v) is 21.9. The summed E-state index contributed by atoms with van der Waals surface area (Å²) in [6, 6.07) is 6.27. The molecule has 1 fully saturated rings. The molecule has 0 saturated carbocycles. The molecule has 1 amide bonds. The first-order chi connectivity index (χ1) is 18.2. The van der Waals surface area contributed by atoms with Crippen LogP contribution in [0.25, 0.3) is 10.4 Å². The summed E-state index contributed by atoms with van der Waals surface area (Å²) in [5.41, 5.74) is 6.33. The van der Waals surface area contributed by atoms with Gasteiger partial charge in [-0.1, -0.05) is 23.3 Å². The molecule has 2 heterocycles. The Kier molecular flexibility index (Phi) is 9.13. The topological polar surface area (TPSA) is 210 Å². The Balaban J connectivity index is 1.92. The van der Waals surface area contributed by atoms with E-state index in [0.717, 1.165) is 12.3 Å². The minimum absolute atomic E-state index is 0.0112. The van der Waals surface area contributed by atoms with Gasteiger partial charge in [0.25, 0.3) is 5.85 Å². The summed E-state index contributed by atoms with van der Waals surface area (Å²) in [4.78, 5) is 39.1. The molecule has 39 heavy (non-hydrogen) atoms. The van der Waals surface area contributed by atoms with Crippen LogP contribution < -0.4 is 9.61 Å². The van der Waals surface area contributed by atoms with Crippen molar-refractivity contribution in [3.63, 3.8) is 0 Å². The number of ketones is 1. The van der Waals surface area contributed by atoms with E-state index in [1.807, 2.05) is 0 Å². The summed E-state index contributed by atoms with van der Waals surface area (Å²) in [6.07, 6.45) is -4.41. The first kappa shape index (κ1) is 30.2. The number of nitrogens with zero attached hydrogens (tertiary/aromatic N) is 4. The monoisotopic (exact) mass is 571 g/mol. The van der Waals surface area contributed by atoms with Crippen molar-refractivity contribution in [3.8, 4) is 5.75 Å². The Morgan fingerprint density at radius 2 is 2.03 bits per heavy atom. The number of azide groups is 1. The van der Waals surface area contributed by atoms with Gasteiger partial charge in [0.2, 0.25) is 11.6 Å².